The molecule has 0 saturated heterocycles. The van der Waals surface area contributed by atoms with Crippen molar-refractivity contribution >= 4 is 11.0 Å². The van der Waals surface area contributed by atoms with E-state index in [1.165, 1.54) is 13.1 Å². The van der Waals surface area contributed by atoms with Crippen LogP contribution in [0, 0.1) is 17.1 Å². The first-order chi connectivity index (χ1) is 10.1. The minimum absolute atomic E-state index is 0.143. The van der Waals surface area contributed by atoms with Gasteiger partial charge in [-0.3, -0.25) is 4.98 Å². The number of halogens is 1. The fourth-order valence-electron chi connectivity index (χ4n) is 2.31. The summed E-state index contributed by atoms with van der Waals surface area (Å²) in [5.41, 5.74) is 1.65. The van der Waals surface area contributed by atoms with Crippen LogP contribution in [0.25, 0.3) is 22.3 Å². The Labute approximate surface area is 120 Å². The summed E-state index contributed by atoms with van der Waals surface area (Å²) in [5.74, 6) is -0.177. The molecule has 0 radical (unpaired) electrons. The topological polar surface area (TPSA) is 70.1 Å². The van der Waals surface area contributed by atoms with Crippen LogP contribution in [0.3, 0.4) is 0 Å². The fraction of sp³-hybridized carbons (Fsp3) is 0.125. The van der Waals surface area contributed by atoms with Crippen molar-refractivity contribution in [2.45, 2.75) is 13.0 Å². The lowest BCUT2D eigenvalue weighted by Gasteiger charge is -2.10. The zero-order valence-electron chi connectivity index (χ0n) is 11.2. The molecule has 0 saturated carbocycles. The van der Waals surface area contributed by atoms with E-state index in [-0.39, 0.29) is 5.56 Å². The smallest absolute Gasteiger partial charge is 0.148 e. The van der Waals surface area contributed by atoms with Gasteiger partial charge in [0.2, 0.25) is 0 Å². The molecule has 3 aromatic rings. The highest BCUT2D eigenvalue weighted by molar-refractivity contribution is 5.84. The lowest BCUT2D eigenvalue weighted by Crippen LogP contribution is -2.00. The lowest BCUT2D eigenvalue weighted by atomic mass is 10.0. The van der Waals surface area contributed by atoms with Gasteiger partial charge in [-0.25, -0.2) is 4.39 Å². The van der Waals surface area contributed by atoms with E-state index in [4.69, 9.17) is 9.68 Å². The Morgan fingerprint density at radius 2 is 2.14 bits per heavy atom. The van der Waals surface area contributed by atoms with Crippen molar-refractivity contribution in [1.82, 2.24) is 4.98 Å². The van der Waals surface area contributed by atoms with E-state index in [2.05, 4.69) is 11.1 Å². The molecule has 0 unspecified atom stereocenters. The van der Waals surface area contributed by atoms with Crippen LogP contribution in [0.1, 0.15) is 24.2 Å². The molecule has 21 heavy (non-hydrogen) atoms. The Kier molecular flexibility index (Phi) is 3.16. The first-order valence-electron chi connectivity index (χ1n) is 6.35. The van der Waals surface area contributed by atoms with Crippen molar-refractivity contribution in [3.8, 4) is 17.4 Å². The summed E-state index contributed by atoms with van der Waals surface area (Å²) < 4.78 is 19.5. The molecular formula is C16H11FN2O2. The van der Waals surface area contributed by atoms with Crippen molar-refractivity contribution < 1.29 is 13.9 Å². The third kappa shape index (κ3) is 2.26. The Balaban J connectivity index is 2.22. The van der Waals surface area contributed by atoms with Crippen molar-refractivity contribution in [3.05, 3.63) is 53.6 Å². The molecule has 0 spiro atoms. The number of nitriles is 1. The predicted molar refractivity (Wildman–Crippen MR) is 74.8 cm³/mol. The minimum Gasteiger partial charge on any atom is -0.456 e. The number of nitrogens with zero attached hydrogens (tertiary/aromatic N) is 2. The minimum atomic E-state index is -0.981. The number of hydrogen-bond donors (Lipinski definition) is 1. The molecule has 5 heteroatoms. The van der Waals surface area contributed by atoms with Gasteiger partial charge in [0.15, 0.2) is 0 Å². The van der Waals surface area contributed by atoms with Crippen molar-refractivity contribution in [3.63, 3.8) is 0 Å². The Morgan fingerprint density at radius 1 is 1.33 bits per heavy atom. The molecule has 1 atom stereocenters. The standard InChI is InChI=1S/C16H11FN2O2/c1-9(20)16-12(7-19-8-13(16)17)15-5-11-4-10(6-18)2-3-14(11)21-15/h2-5,7-9,20H,1H3/t9-/m0/s1. The molecule has 3 rings (SSSR count). The average molecular weight is 282 g/mol. The first-order valence-corrected chi connectivity index (χ1v) is 6.35. The molecule has 2 aromatic heterocycles. The molecule has 1 N–H and O–H groups in total. The van der Waals surface area contributed by atoms with E-state index in [1.54, 1.807) is 24.3 Å². The summed E-state index contributed by atoms with van der Waals surface area (Å²) in [6.07, 6.45) is 1.53. The molecule has 0 aliphatic heterocycles. The van der Waals surface area contributed by atoms with Gasteiger partial charge in [0, 0.05) is 22.7 Å². The summed E-state index contributed by atoms with van der Waals surface area (Å²) >= 11 is 0. The number of fused-ring (bicyclic) bond motifs is 1. The highest BCUT2D eigenvalue weighted by Crippen LogP contribution is 2.33. The third-order valence-electron chi connectivity index (χ3n) is 3.27. The second-order valence-corrected chi connectivity index (χ2v) is 4.73. The highest BCUT2D eigenvalue weighted by Gasteiger charge is 2.18. The Bertz CT molecular complexity index is 862. The van der Waals surface area contributed by atoms with Gasteiger partial charge in [-0.15, -0.1) is 0 Å². The number of aromatic nitrogens is 1. The van der Waals surface area contributed by atoms with E-state index >= 15 is 0 Å². The molecule has 0 bridgehead atoms. The van der Waals surface area contributed by atoms with E-state index in [9.17, 15) is 9.50 Å². The molecule has 0 aliphatic carbocycles. The zero-order chi connectivity index (χ0) is 15.0. The number of benzene rings is 1. The molecular weight excluding hydrogens is 271 g/mol. The van der Waals surface area contributed by atoms with E-state index in [0.29, 0.717) is 22.5 Å². The molecule has 4 nitrogen and oxygen atoms in total. The summed E-state index contributed by atoms with van der Waals surface area (Å²) in [7, 11) is 0. The summed E-state index contributed by atoms with van der Waals surface area (Å²) in [6.45, 7) is 1.48. The summed E-state index contributed by atoms with van der Waals surface area (Å²) in [6, 6.07) is 8.79. The van der Waals surface area contributed by atoms with Gasteiger partial charge in [-0.05, 0) is 31.2 Å². The second kappa shape index (κ2) is 5.00. The molecule has 104 valence electrons. The van der Waals surface area contributed by atoms with Crippen molar-refractivity contribution in [1.29, 1.82) is 5.26 Å². The largest absolute Gasteiger partial charge is 0.456 e. The number of rotatable bonds is 2. The molecule has 1 aromatic carbocycles. The van der Waals surface area contributed by atoms with Crippen LogP contribution in [0.15, 0.2) is 41.1 Å². The number of pyridine rings is 1. The Hall–Kier alpha value is -2.71. The predicted octanol–water partition coefficient (Wildman–Crippen LogP) is 3.56. The maximum atomic E-state index is 13.9. The van der Waals surface area contributed by atoms with Gasteiger partial charge in [0.1, 0.15) is 17.2 Å². The van der Waals surface area contributed by atoms with Crippen LogP contribution in [-0.4, -0.2) is 10.1 Å². The van der Waals surface area contributed by atoms with Crippen LogP contribution in [0.5, 0.6) is 0 Å². The zero-order valence-corrected chi connectivity index (χ0v) is 11.2. The normalized spacial score (nSPS) is 12.3. The third-order valence-corrected chi connectivity index (χ3v) is 3.27. The van der Waals surface area contributed by atoms with E-state index in [0.717, 1.165) is 11.6 Å². The monoisotopic (exact) mass is 282 g/mol. The van der Waals surface area contributed by atoms with Crippen LogP contribution >= 0.6 is 0 Å². The first kappa shape index (κ1) is 13.3. The van der Waals surface area contributed by atoms with Gasteiger partial charge in [0.25, 0.3) is 0 Å². The van der Waals surface area contributed by atoms with Crippen LogP contribution < -0.4 is 0 Å². The van der Waals surface area contributed by atoms with Crippen LogP contribution in [0.2, 0.25) is 0 Å². The van der Waals surface area contributed by atoms with E-state index < -0.39 is 11.9 Å². The molecule has 0 amide bonds. The maximum absolute atomic E-state index is 13.9. The van der Waals surface area contributed by atoms with E-state index in [1.807, 2.05) is 0 Å². The molecule has 2 heterocycles. The van der Waals surface area contributed by atoms with Gasteiger partial charge in [-0.1, -0.05) is 0 Å². The molecule has 0 fully saturated rings. The van der Waals surface area contributed by atoms with Gasteiger partial charge in [0.05, 0.1) is 23.9 Å². The van der Waals surface area contributed by atoms with Gasteiger partial charge < -0.3 is 9.52 Å². The number of aliphatic hydroxyl groups excluding tert-OH is 1. The van der Waals surface area contributed by atoms with Gasteiger partial charge in [-0.2, -0.15) is 5.26 Å². The fourth-order valence-corrected chi connectivity index (χ4v) is 2.31. The molecule has 0 aliphatic rings. The number of aliphatic hydroxyl groups is 1. The summed E-state index contributed by atoms with van der Waals surface area (Å²) in [4.78, 5) is 3.81. The quantitative estimate of drug-likeness (QED) is 0.780. The van der Waals surface area contributed by atoms with Crippen molar-refractivity contribution in [2.24, 2.45) is 0 Å². The highest BCUT2D eigenvalue weighted by atomic mass is 19.1. The lowest BCUT2D eigenvalue weighted by molar-refractivity contribution is 0.194. The SMILES string of the molecule is C[C@H](O)c1c(F)cncc1-c1cc2cc(C#N)ccc2o1. The van der Waals surface area contributed by atoms with Crippen LogP contribution in [0.4, 0.5) is 4.39 Å². The number of furan rings is 1. The Morgan fingerprint density at radius 3 is 2.86 bits per heavy atom. The van der Waals surface area contributed by atoms with Crippen LogP contribution in [-0.2, 0) is 0 Å². The maximum Gasteiger partial charge on any atom is 0.148 e. The van der Waals surface area contributed by atoms with Crippen molar-refractivity contribution in [2.75, 3.05) is 0 Å². The second-order valence-electron chi connectivity index (χ2n) is 4.73. The van der Waals surface area contributed by atoms with Gasteiger partial charge >= 0.3 is 0 Å². The number of hydrogen-bond acceptors (Lipinski definition) is 4. The average Bonchev–Trinajstić information content (AvgIpc) is 2.89. The summed E-state index contributed by atoms with van der Waals surface area (Å²) in [5, 5.41) is 19.4.